The quantitative estimate of drug-likeness (QED) is 0.214. The maximum atomic E-state index is 12.7. The van der Waals surface area contributed by atoms with Crippen molar-refractivity contribution in [3.05, 3.63) is 58.6 Å². The van der Waals surface area contributed by atoms with E-state index in [4.69, 9.17) is 16.3 Å². The lowest BCUT2D eigenvalue weighted by Crippen LogP contribution is -2.28. The minimum Gasteiger partial charge on any atom is -0.465 e. The minimum absolute atomic E-state index is 0.113. The molecule has 0 bridgehead atoms. The molecule has 0 spiro atoms. The Labute approximate surface area is 206 Å². The van der Waals surface area contributed by atoms with Gasteiger partial charge in [-0.1, -0.05) is 23.7 Å². The highest BCUT2D eigenvalue weighted by Gasteiger charge is 2.48. The van der Waals surface area contributed by atoms with Gasteiger partial charge in [-0.3, -0.25) is 4.79 Å². The molecule has 0 saturated carbocycles. The van der Waals surface area contributed by atoms with Crippen molar-refractivity contribution in [2.45, 2.75) is 39.6 Å². The van der Waals surface area contributed by atoms with Crippen LogP contribution in [0.2, 0.25) is 5.02 Å². The summed E-state index contributed by atoms with van der Waals surface area (Å²) in [6.07, 6.45) is 0.363. The average Bonchev–Trinajstić information content (AvgIpc) is 2.73. The lowest BCUT2D eigenvalue weighted by molar-refractivity contribution is -0.152. The highest BCUT2D eigenvalue weighted by molar-refractivity contribution is 7.87. The van der Waals surface area contributed by atoms with Crippen LogP contribution in [0.15, 0.2) is 42.5 Å². The van der Waals surface area contributed by atoms with Gasteiger partial charge in [-0.2, -0.15) is 21.6 Å². The maximum absolute atomic E-state index is 12.7. The highest BCUT2D eigenvalue weighted by Crippen LogP contribution is 2.36. The highest BCUT2D eigenvalue weighted by atomic mass is 35.5. The van der Waals surface area contributed by atoms with Crippen LogP contribution in [0.5, 0.6) is 5.88 Å². The molecule has 0 amide bonds. The molecule has 0 aliphatic heterocycles. The third kappa shape index (κ3) is 6.05. The molecule has 0 aliphatic rings. The van der Waals surface area contributed by atoms with Gasteiger partial charge in [0, 0.05) is 22.9 Å². The first kappa shape index (κ1) is 26.7. The number of hydrogen-bond donors (Lipinski definition) is 0. The van der Waals surface area contributed by atoms with Crippen molar-refractivity contribution in [3.63, 3.8) is 0 Å². The molecule has 3 rings (SSSR count). The summed E-state index contributed by atoms with van der Waals surface area (Å²) in [5.41, 5.74) is -2.99. The van der Waals surface area contributed by atoms with E-state index in [1.54, 1.807) is 58.0 Å². The van der Waals surface area contributed by atoms with E-state index in [1.807, 2.05) is 0 Å². The number of carbonyl (C=O) groups is 1. The van der Waals surface area contributed by atoms with Crippen molar-refractivity contribution < 1.29 is 35.3 Å². The second-order valence-electron chi connectivity index (χ2n) is 8.89. The predicted molar refractivity (Wildman–Crippen MR) is 127 cm³/mol. The molecule has 11 heteroatoms. The molecular formula is C24H23ClF3NO5S. The molecule has 0 N–H and O–H groups in total. The number of fused-ring (bicyclic) bond motifs is 1. The van der Waals surface area contributed by atoms with Crippen LogP contribution in [-0.2, 0) is 26.1 Å². The molecule has 1 aromatic heterocycles. The summed E-state index contributed by atoms with van der Waals surface area (Å²) in [5.74, 6) is -1.05. The van der Waals surface area contributed by atoms with Crippen LogP contribution in [0.25, 0.3) is 22.0 Å². The second-order valence-corrected chi connectivity index (χ2v) is 10.9. The molecule has 188 valence electrons. The molecular weight excluding hydrogens is 507 g/mol. The first-order valence-electron chi connectivity index (χ1n) is 10.5. The van der Waals surface area contributed by atoms with E-state index >= 15 is 0 Å². The number of aryl methyl sites for hydroxylation is 1. The number of hydrogen-bond acceptors (Lipinski definition) is 6. The van der Waals surface area contributed by atoms with Crippen LogP contribution in [-0.4, -0.2) is 31.5 Å². The smallest absolute Gasteiger partial charge is 0.465 e. The lowest BCUT2D eigenvalue weighted by Gasteiger charge is -2.19. The fourth-order valence-corrected chi connectivity index (χ4v) is 3.90. The van der Waals surface area contributed by atoms with Crippen LogP contribution < -0.4 is 4.18 Å². The summed E-state index contributed by atoms with van der Waals surface area (Å²) < 4.78 is 70.6. The van der Waals surface area contributed by atoms with E-state index in [-0.39, 0.29) is 18.1 Å². The van der Waals surface area contributed by atoms with Crippen LogP contribution in [0.3, 0.4) is 0 Å². The number of nitrogens with zero attached hydrogens (tertiary/aromatic N) is 1. The molecule has 1 heterocycles. The van der Waals surface area contributed by atoms with Crippen molar-refractivity contribution in [2.24, 2.45) is 5.41 Å². The van der Waals surface area contributed by atoms with Gasteiger partial charge in [0.05, 0.1) is 17.5 Å². The second kappa shape index (κ2) is 9.66. The summed E-state index contributed by atoms with van der Waals surface area (Å²) in [5, 5.41) is 1.06. The van der Waals surface area contributed by atoms with Gasteiger partial charge in [0.1, 0.15) is 0 Å². The molecule has 0 aliphatic carbocycles. The number of carbonyl (C=O) groups excluding carboxylic acids is 1. The Morgan fingerprint density at radius 3 is 2.26 bits per heavy atom. The SMILES string of the molecule is Cc1cc2nc(OS(=O)(=O)C(F)(F)F)ccc2c(-c2ccc(Cl)cc2)c1CCOC(=O)C(C)(C)C. The summed E-state index contributed by atoms with van der Waals surface area (Å²) >= 11 is 6.03. The lowest BCUT2D eigenvalue weighted by atomic mass is 9.90. The van der Waals surface area contributed by atoms with Gasteiger partial charge in [0.25, 0.3) is 0 Å². The minimum atomic E-state index is -5.86. The Bertz CT molecular complexity index is 1370. The van der Waals surface area contributed by atoms with Crippen LogP contribution in [0, 0.1) is 12.3 Å². The summed E-state index contributed by atoms with van der Waals surface area (Å²) in [6, 6.07) is 11.0. The summed E-state index contributed by atoms with van der Waals surface area (Å²) in [6.45, 7) is 7.14. The molecule has 2 aromatic carbocycles. The molecule has 0 radical (unpaired) electrons. The van der Waals surface area contributed by atoms with Gasteiger partial charge < -0.3 is 8.92 Å². The molecule has 0 saturated heterocycles. The van der Waals surface area contributed by atoms with E-state index in [2.05, 4.69) is 9.17 Å². The number of aromatic nitrogens is 1. The fourth-order valence-electron chi connectivity index (χ4n) is 3.37. The Morgan fingerprint density at radius 2 is 1.69 bits per heavy atom. The van der Waals surface area contributed by atoms with Crippen molar-refractivity contribution in [3.8, 4) is 17.0 Å². The average molecular weight is 530 g/mol. The molecule has 6 nitrogen and oxygen atoms in total. The monoisotopic (exact) mass is 529 g/mol. The van der Waals surface area contributed by atoms with Crippen molar-refractivity contribution >= 4 is 38.6 Å². The van der Waals surface area contributed by atoms with E-state index in [0.717, 1.165) is 22.8 Å². The van der Waals surface area contributed by atoms with Gasteiger partial charge in [-0.25, -0.2) is 4.98 Å². The van der Waals surface area contributed by atoms with E-state index in [9.17, 15) is 26.4 Å². The van der Waals surface area contributed by atoms with E-state index in [0.29, 0.717) is 22.4 Å². The zero-order chi connectivity index (χ0) is 26.2. The number of ether oxygens (including phenoxy) is 1. The summed E-state index contributed by atoms with van der Waals surface area (Å²) in [4.78, 5) is 16.2. The van der Waals surface area contributed by atoms with Gasteiger partial charge in [-0.05, 0) is 74.2 Å². The number of halogens is 4. The van der Waals surface area contributed by atoms with Gasteiger partial charge in [0.2, 0.25) is 5.88 Å². The molecule has 0 atom stereocenters. The molecule has 0 fully saturated rings. The number of esters is 1. The van der Waals surface area contributed by atoms with Crippen LogP contribution >= 0.6 is 11.6 Å². The van der Waals surface area contributed by atoms with Gasteiger partial charge >= 0.3 is 21.6 Å². The Morgan fingerprint density at radius 1 is 1.06 bits per heavy atom. The van der Waals surface area contributed by atoms with Gasteiger partial charge in [-0.15, -0.1) is 0 Å². The standard InChI is InChI=1S/C24H23ClF3NO5S/c1-14-13-19-18(9-10-20(29-19)34-35(31,32)24(26,27)28)21(15-5-7-16(25)8-6-15)17(14)11-12-33-22(30)23(2,3)4/h5-10,13H,11-12H2,1-4H3. The number of pyridine rings is 1. The predicted octanol–water partition coefficient (Wildman–Crippen LogP) is 6.22. The van der Waals surface area contributed by atoms with E-state index in [1.165, 1.54) is 6.07 Å². The van der Waals surface area contributed by atoms with Crippen molar-refractivity contribution in [2.75, 3.05) is 6.61 Å². The topological polar surface area (TPSA) is 82.6 Å². The number of benzene rings is 2. The zero-order valence-corrected chi connectivity index (χ0v) is 20.9. The molecule has 35 heavy (non-hydrogen) atoms. The Kier molecular flexibility index (Phi) is 7.38. The van der Waals surface area contributed by atoms with Crippen LogP contribution in [0.1, 0.15) is 31.9 Å². The Balaban J connectivity index is 2.09. The van der Waals surface area contributed by atoms with E-state index < -0.39 is 26.9 Å². The zero-order valence-electron chi connectivity index (χ0n) is 19.4. The maximum Gasteiger partial charge on any atom is 0.534 e. The third-order valence-electron chi connectivity index (χ3n) is 5.11. The van der Waals surface area contributed by atoms with Crippen molar-refractivity contribution in [1.29, 1.82) is 0 Å². The first-order chi connectivity index (χ1) is 16.1. The Hall–Kier alpha value is -2.85. The largest absolute Gasteiger partial charge is 0.534 e. The third-order valence-corrected chi connectivity index (χ3v) is 6.32. The molecule has 0 unspecified atom stereocenters. The fraction of sp³-hybridized carbons (Fsp3) is 0.333. The van der Waals surface area contributed by atoms with Crippen LogP contribution in [0.4, 0.5) is 13.2 Å². The first-order valence-corrected chi connectivity index (χ1v) is 12.3. The number of rotatable bonds is 6. The summed E-state index contributed by atoms with van der Waals surface area (Å²) in [7, 11) is -5.86. The number of alkyl halides is 3. The van der Waals surface area contributed by atoms with Gasteiger partial charge in [0.15, 0.2) is 0 Å². The van der Waals surface area contributed by atoms with Crippen molar-refractivity contribution in [1.82, 2.24) is 4.98 Å². The normalized spacial score (nSPS) is 12.6. The molecule has 3 aromatic rings.